The molecule has 3 rings (SSSR count). The van der Waals surface area contributed by atoms with E-state index in [4.69, 9.17) is 44.3 Å². The number of rotatable bonds is 7. The number of amides is 1. The van der Waals surface area contributed by atoms with Crippen LogP contribution in [0.25, 0.3) is 0 Å². The van der Waals surface area contributed by atoms with Crippen LogP contribution in [0, 0.1) is 3.57 Å². The minimum atomic E-state index is -0.403. The zero-order chi connectivity index (χ0) is 22.4. The van der Waals surface area contributed by atoms with E-state index in [0.29, 0.717) is 38.7 Å². The fraction of sp³-hybridized carbons (Fsp3) is 0.0909. The van der Waals surface area contributed by atoms with Crippen molar-refractivity contribution in [3.63, 3.8) is 0 Å². The minimum Gasteiger partial charge on any atom is -0.493 e. The van der Waals surface area contributed by atoms with Crippen molar-refractivity contribution in [1.29, 1.82) is 0 Å². The van der Waals surface area contributed by atoms with Crippen molar-refractivity contribution < 1.29 is 14.3 Å². The Morgan fingerprint density at radius 3 is 2.48 bits per heavy atom. The number of hydrogen-bond donors (Lipinski definition) is 1. The van der Waals surface area contributed by atoms with E-state index in [1.165, 1.54) is 12.3 Å². The van der Waals surface area contributed by atoms with Gasteiger partial charge in [-0.1, -0.05) is 46.9 Å². The quantitative estimate of drug-likeness (QED) is 0.192. The number of hydrogen-bond acceptors (Lipinski definition) is 4. The maximum absolute atomic E-state index is 12.2. The Balaban J connectivity index is 1.69. The second kappa shape index (κ2) is 11.0. The number of nitrogens with one attached hydrogen (secondary N) is 1. The molecule has 0 aliphatic carbocycles. The van der Waals surface area contributed by atoms with Gasteiger partial charge in [0.1, 0.15) is 6.61 Å². The second-order valence-electron chi connectivity index (χ2n) is 6.28. The summed E-state index contributed by atoms with van der Waals surface area (Å²) < 4.78 is 12.3. The zero-order valence-corrected chi connectivity index (χ0v) is 20.6. The lowest BCUT2D eigenvalue weighted by molar-refractivity contribution is 0.0955. The third kappa shape index (κ3) is 6.49. The molecule has 0 radical (unpaired) electrons. The summed E-state index contributed by atoms with van der Waals surface area (Å²) in [5.41, 5.74) is 4.53. The van der Waals surface area contributed by atoms with Gasteiger partial charge in [-0.25, -0.2) is 5.43 Å². The fourth-order valence-electron chi connectivity index (χ4n) is 2.56. The molecular weight excluding hydrogens is 574 g/mol. The summed E-state index contributed by atoms with van der Waals surface area (Å²) in [6, 6.07) is 15.7. The smallest absolute Gasteiger partial charge is 0.271 e. The van der Waals surface area contributed by atoms with Crippen molar-refractivity contribution in [2.75, 3.05) is 7.11 Å². The Morgan fingerprint density at radius 2 is 1.81 bits per heavy atom. The van der Waals surface area contributed by atoms with Crippen LogP contribution in [-0.2, 0) is 6.61 Å². The highest BCUT2D eigenvalue weighted by atomic mass is 127. The molecule has 0 bridgehead atoms. The van der Waals surface area contributed by atoms with E-state index in [0.717, 1.165) is 14.7 Å². The van der Waals surface area contributed by atoms with Gasteiger partial charge in [0.15, 0.2) is 11.5 Å². The number of ether oxygens (including phenoxy) is 2. The molecule has 0 spiro atoms. The topological polar surface area (TPSA) is 59.9 Å². The molecule has 5 nitrogen and oxygen atoms in total. The molecule has 0 aromatic heterocycles. The van der Waals surface area contributed by atoms with Gasteiger partial charge in [-0.05, 0) is 76.2 Å². The van der Waals surface area contributed by atoms with Crippen LogP contribution in [-0.4, -0.2) is 19.2 Å². The summed E-state index contributed by atoms with van der Waals surface area (Å²) in [6.07, 6.45) is 1.52. The van der Waals surface area contributed by atoms with Crippen LogP contribution in [0.5, 0.6) is 11.5 Å². The van der Waals surface area contributed by atoms with Crippen LogP contribution in [0.15, 0.2) is 59.7 Å². The van der Waals surface area contributed by atoms with Crippen LogP contribution in [0.2, 0.25) is 15.1 Å². The first-order valence-electron chi connectivity index (χ1n) is 8.90. The second-order valence-corrected chi connectivity index (χ2v) is 8.69. The standard InChI is InChI=1S/C22H16Cl3IN2O3/c1-30-20-9-14(11-27-28-22(29)15-4-7-17(24)18(25)10-15)8-19(26)21(20)31-12-13-2-5-16(23)6-3-13/h2-11H,12H2,1H3,(H,28,29)/b27-11-. The van der Waals surface area contributed by atoms with Crippen molar-refractivity contribution in [2.24, 2.45) is 5.10 Å². The highest BCUT2D eigenvalue weighted by Gasteiger charge is 2.12. The number of carbonyl (C=O) groups is 1. The van der Waals surface area contributed by atoms with E-state index in [-0.39, 0.29) is 0 Å². The van der Waals surface area contributed by atoms with Gasteiger partial charge >= 0.3 is 0 Å². The largest absolute Gasteiger partial charge is 0.493 e. The maximum Gasteiger partial charge on any atom is 0.271 e. The van der Waals surface area contributed by atoms with Crippen LogP contribution < -0.4 is 14.9 Å². The average molecular weight is 590 g/mol. The van der Waals surface area contributed by atoms with Gasteiger partial charge in [0, 0.05) is 10.6 Å². The van der Waals surface area contributed by atoms with Gasteiger partial charge in [0.25, 0.3) is 5.91 Å². The molecule has 9 heteroatoms. The molecule has 0 saturated carbocycles. The van der Waals surface area contributed by atoms with E-state index >= 15 is 0 Å². The first-order valence-corrected chi connectivity index (χ1v) is 11.1. The summed E-state index contributed by atoms with van der Waals surface area (Å²) in [5, 5.41) is 5.35. The molecule has 0 aliphatic rings. The van der Waals surface area contributed by atoms with Gasteiger partial charge in [-0.2, -0.15) is 5.10 Å². The molecule has 3 aromatic carbocycles. The first kappa shape index (κ1) is 23.7. The highest BCUT2D eigenvalue weighted by Crippen LogP contribution is 2.34. The fourth-order valence-corrected chi connectivity index (χ4v) is 3.76. The van der Waals surface area contributed by atoms with Gasteiger partial charge in [-0.15, -0.1) is 0 Å². The van der Waals surface area contributed by atoms with Crippen LogP contribution in [0.1, 0.15) is 21.5 Å². The number of nitrogens with zero attached hydrogens (tertiary/aromatic N) is 1. The van der Waals surface area contributed by atoms with Crippen molar-refractivity contribution >= 4 is 69.5 Å². The van der Waals surface area contributed by atoms with Crippen LogP contribution in [0.4, 0.5) is 0 Å². The molecule has 0 atom stereocenters. The number of methoxy groups -OCH3 is 1. The molecular formula is C22H16Cl3IN2O3. The average Bonchev–Trinajstić information content (AvgIpc) is 2.75. The number of hydrazone groups is 1. The van der Waals surface area contributed by atoms with Crippen LogP contribution >= 0.6 is 57.4 Å². The Hall–Kier alpha value is -2.00. The maximum atomic E-state index is 12.2. The van der Waals surface area contributed by atoms with Gasteiger partial charge < -0.3 is 9.47 Å². The predicted molar refractivity (Wildman–Crippen MR) is 133 cm³/mol. The van der Waals surface area contributed by atoms with Gasteiger partial charge in [0.05, 0.1) is 26.9 Å². The number of halogens is 4. The first-order chi connectivity index (χ1) is 14.9. The molecule has 0 saturated heterocycles. The molecule has 1 N–H and O–H groups in total. The van der Waals surface area contributed by atoms with E-state index in [1.807, 2.05) is 30.3 Å². The third-order valence-corrected chi connectivity index (χ3v) is 5.90. The molecule has 1 amide bonds. The van der Waals surface area contributed by atoms with E-state index in [2.05, 4.69) is 33.1 Å². The van der Waals surface area contributed by atoms with E-state index in [9.17, 15) is 4.79 Å². The molecule has 0 aliphatic heterocycles. The lowest BCUT2D eigenvalue weighted by Gasteiger charge is -2.13. The van der Waals surface area contributed by atoms with Crippen molar-refractivity contribution in [2.45, 2.75) is 6.61 Å². The molecule has 3 aromatic rings. The monoisotopic (exact) mass is 588 g/mol. The molecule has 0 fully saturated rings. The number of carbonyl (C=O) groups excluding carboxylic acids is 1. The number of benzene rings is 3. The lowest BCUT2D eigenvalue weighted by atomic mass is 10.2. The van der Waals surface area contributed by atoms with Gasteiger partial charge in [-0.3, -0.25) is 4.79 Å². The minimum absolute atomic E-state index is 0.298. The summed E-state index contributed by atoms with van der Waals surface area (Å²) in [5.74, 6) is 0.771. The Bertz CT molecular complexity index is 1120. The Morgan fingerprint density at radius 1 is 1.06 bits per heavy atom. The van der Waals surface area contributed by atoms with E-state index in [1.54, 1.807) is 25.3 Å². The van der Waals surface area contributed by atoms with Crippen molar-refractivity contribution in [3.05, 3.63) is 89.9 Å². The van der Waals surface area contributed by atoms with E-state index < -0.39 is 5.91 Å². The normalized spacial score (nSPS) is 10.9. The zero-order valence-electron chi connectivity index (χ0n) is 16.2. The SMILES string of the molecule is COc1cc(/C=N\NC(=O)c2ccc(Cl)c(Cl)c2)cc(I)c1OCc1ccc(Cl)cc1. The summed E-state index contributed by atoms with van der Waals surface area (Å²) >= 11 is 19.9. The summed E-state index contributed by atoms with van der Waals surface area (Å²) in [7, 11) is 1.56. The van der Waals surface area contributed by atoms with Gasteiger partial charge in [0.2, 0.25) is 0 Å². The Labute approximate surface area is 208 Å². The Kier molecular flexibility index (Phi) is 8.43. The van der Waals surface area contributed by atoms with Crippen molar-refractivity contribution in [3.8, 4) is 11.5 Å². The third-order valence-electron chi connectivity index (χ3n) is 4.11. The summed E-state index contributed by atoms with van der Waals surface area (Å²) in [4.78, 5) is 12.2. The van der Waals surface area contributed by atoms with Crippen molar-refractivity contribution in [1.82, 2.24) is 5.43 Å². The lowest BCUT2D eigenvalue weighted by Crippen LogP contribution is -2.17. The molecule has 160 valence electrons. The molecule has 31 heavy (non-hydrogen) atoms. The molecule has 0 heterocycles. The highest BCUT2D eigenvalue weighted by molar-refractivity contribution is 14.1. The predicted octanol–water partition coefficient (Wildman–Crippen LogP) is 6.60. The van der Waals surface area contributed by atoms with Crippen LogP contribution in [0.3, 0.4) is 0 Å². The summed E-state index contributed by atoms with van der Waals surface area (Å²) in [6.45, 7) is 0.372. The molecule has 0 unspecified atom stereocenters.